The Morgan fingerprint density at radius 1 is 1.15 bits per heavy atom. The quantitative estimate of drug-likeness (QED) is 0.468. The van der Waals surface area contributed by atoms with Gasteiger partial charge in [-0.1, -0.05) is 40.0 Å². The van der Waals surface area contributed by atoms with Gasteiger partial charge in [-0.25, -0.2) is 4.79 Å². The lowest BCUT2D eigenvalue weighted by atomic mass is 9.80. The molecular weight excluding hydrogens is 252 g/mol. The summed E-state index contributed by atoms with van der Waals surface area (Å²) in [5.41, 5.74) is 0. The third-order valence-electron chi connectivity index (χ3n) is 4.57. The number of rotatable bonds is 7. The minimum absolute atomic E-state index is 0.0284. The zero-order valence-electron chi connectivity index (χ0n) is 13.7. The number of carbonyl (C=O) groups is 1. The van der Waals surface area contributed by atoms with Crippen molar-refractivity contribution in [3.05, 3.63) is 0 Å². The average Bonchev–Trinajstić information content (AvgIpc) is 2.39. The Hall–Kier alpha value is -0.730. The molecule has 4 unspecified atom stereocenters. The van der Waals surface area contributed by atoms with Crippen molar-refractivity contribution in [1.29, 1.82) is 0 Å². The molecule has 0 radical (unpaired) electrons. The van der Waals surface area contributed by atoms with E-state index in [0.29, 0.717) is 5.92 Å². The van der Waals surface area contributed by atoms with Crippen molar-refractivity contribution in [3.8, 4) is 0 Å². The van der Waals surface area contributed by atoms with E-state index >= 15 is 0 Å². The van der Waals surface area contributed by atoms with Crippen LogP contribution in [0.3, 0.4) is 0 Å². The second kappa shape index (κ2) is 9.25. The molecule has 1 aliphatic carbocycles. The zero-order valence-corrected chi connectivity index (χ0v) is 13.7. The standard InChI is InChI=1S/C17H32O3/c1-5-6-7-8-9-15(4)19-17(18)20-16-11-10-13(2)14(3)12-16/h13-16H,5-12H2,1-4H3. The van der Waals surface area contributed by atoms with Crippen molar-refractivity contribution >= 4 is 6.16 Å². The van der Waals surface area contributed by atoms with Crippen LogP contribution in [-0.4, -0.2) is 18.4 Å². The molecule has 1 fully saturated rings. The molecule has 0 saturated heterocycles. The summed E-state index contributed by atoms with van der Waals surface area (Å²) >= 11 is 0. The first-order chi connectivity index (χ1) is 9.52. The number of ether oxygens (including phenoxy) is 2. The van der Waals surface area contributed by atoms with Gasteiger partial charge in [0.05, 0.1) is 0 Å². The van der Waals surface area contributed by atoms with Crippen LogP contribution >= 0.6 is 0 Å². The molecule has 1 saturated carbocycles. The van der Waals surface area contributed by atoms with Crippen LogP contribution in [0.25, 0.3) is 0 Å². The molecule has 0 bridgehead atoms. The summed E-state index contributed by atoms with van der Waals surface area (Å²) in [7, 11) is 0. The lowest BCUT2D eigenvalue weighted by Gasteiger charge is -2.31. The van der Waals surface area contributed by atoms with E-state index in [2.05, 4.69) is 20.8 Å². The van der Waals surface area contributed by atoms with Crippen molar-refractivity contribution in [2.24, 2.45) is 11.8 Å². The van der Waals surface area contributed by atoms with Gasteiger partial charge in [0.25, 0.3) is 0 Å². The summed E-state index contributed by atoms with van der Waals surface area (Å²) < 4.78 is 10.8. The predicted octanol–water partition coefficient (Wildman–Crippen LogP) is 5.32. The molecule has 1 rings (SSSR count). The van der Waals surface area contributed by atoms with Crippen LogP contribution < -0.4 is 0 Å². The minimum atomic E-state index is -0.472. The van der Waals surface area contributed by atoms with Crippen molar-refractivity contribution in [3.63, 3.8) is 0 Å². The van der Waals surface area contributed by atoms with Gasteiger partial charge in [-0.05, 0) is 50.9 Å². The minimum Gasteiger partial charge on any atom is -0.431 e. The summed E-state index contributed by atoms with van der Waals surface area (Å²) in [6, 6.07) is 0. The molecule has 0 N–H and O–H groups in total. The Bertz CT molecular complexity index is 277. The molecule has 0 amide bonds. The molecule has 0 aromatic rings. The van der Waals surface area contributed by atoms with E-state index in [1.54, 1.807) is 0 Å². The summed E-state index contributed by atoms with van der Waals surface area (Å²) in [5, 5.41) is 0. The second-order valence-electron chi connectivity index (χ2n) is 6.54. The Balaban J connectivity index is 2.16. The van der Waals surface area contributed by atoms with Crippen LogP contribution in [0.2, 0.25) is 0 Å². The zero-order chi connectivity index (χ0) is 15.0. The van der Waals surface area contributed by atoms with E-state index in [9.17, 15) is 4.79 Å². The van der Waals surface area contributed by atoms with E-state index in [4.69, 9.17) is 9.47 Å². The fourth-order valence-corrected chi connectivity index (χ4v) is 2.85. The van der Waals surface area contributed by atoms with Crippen LogP contribution in [0.5, 0.6) is 0 Å². The van der Waals surface area contributed by atoms with Crippen molar-refractivity contribution in [1.82, 2.24) is 0 Å². The van der Waals surface area contributed by atoms with Gasteiger partial charge in [-0.15, -0.1) is 0 Å². The third kappa shape index (κ3) is 6.62. The highest BCUT2D eigenvalue weighted by molar-refractivity contribution is 5.60. The Morgan fingerprint density at radius 3 is 2.55 bits per heavy atom. The number of hydrogen-bond acceptors (Lipinski definition) is 3. The molecule has 3 heteroatoms. The van der Waals surface area contributed by atoms with E-state index in [-0.39, 0.29) is 12.2 Å². The number of hydrogen-bond donors (Lipinski definition) is 0. The summed E-state index contributed by atoms with van der Waals surface area (Å²) in [6.07, 6.45) is 8.42. The van der Waals surface area contributed by atoms with Crippen LogP contribution in [0.1, 0.15) is 79.1 Å². The van der Waals surface area contributed by atoms with Crippen molar-refractivity contribution in [2.45, 2.75) is 91.3 Å². The summed E-state index contributed by atoms with van der Waals surface area (Å²) in [6.45, 7) is 8.67. The fourth-order valence-electron chi connectivity index (χ4n) is 2.85. The summed E-state index contributed by atoms with van der Waals surface area (Å²) in [4.78, 5) is 11.8. The molecule has 0 heterocycles. The van der Waals surface area contributed by atoms with Crippen molar-refractivity contribution in [2.75, 3.05) is 0 Å². The summed E-state index contributed by atoms with van der Waals surface area (Å²) in [5.74, 6) is 1.37. The SMILES string of the molecule is CCCCCCC(C)OC(=O)OC1CCC(C)C(C)C1. The molecule has 0 aliphatic heterocycles. The highest BCUT2D eigenvalue weighted by Crippen LogP contribution is 2.31. The van der Waals surface area contributed by atoms with Gasteiger partial charge in [0.15, 0.2) is 0 Å². The fraction of sp³-hybridized carbons (Fsp3) is 0.941. The Labute approximate surface area is 124 Å². The van der Waals surface area contributed by atoms with Gasteiger partial charge in [-0.2, -0.15) is 0 Å². The molecule has 3 nitrogen and oxygen atoms in total. The van der Waals surface area contributed by atoms with Gasteiger partial charge in [-0.3, -0.25) is 0 Å². The smallest absolute Gasteiger partial charge is 0.431 e. The molecule has 0 spiro atoms. The van der Waals surface area contributed by atoms with Crippen LogP contribution in [0, 0.1) is 11.8 Å². The van der Waals surface area contributed by atoms with Gasteiger partial charge < -0.3 is 9.47 Å². The first-order valence-electron chi connectivity index (χ1n) is 8.40. The van der Waals surface area contributed by atoms with Gasteiger partial charge >= 0.3 is 6.16 Å². The third-order valence-corrected chi connectivity index (χ3v) is 4.57. The lowest BCUT2D eigenvalue weighted by molar-refractivity contribution is -0.0201. The van der Waals surface area contributed by atoms with Crippen molar-refractivity contribution < 1.29 is 14.3 Å². The van der Waals surface area contributed by atoms with Crippen LogP contribution in [0.4, 0.5) is 4.79 Å². The van der Waals surface area contributed by atoms with Gasteiger partial charge in [0, 0.05) is 0 Å². The predicted molar refractivity (Wildman–Crippen MR) is 81.8 cm³/mol. The van der Waals surface area contributed by atoms with Crippen LogP contribution in [0.15, 0.2) is 0 Å². The maximum absolute atomic E-state index is 11.8. The first kappa shape index (κ1) is 17.3. The largest absolute Gasteiger partial charge is 0.508 e. The topological polar surface area (TPSA) is 35.5 Å². The highest BCUT2D eigenvalue weighted by atomic mass is 16.7. The van der Waals surface area contributed by atoms with E-state index in [1.807, 2.05) is 6.92 Å². The first-order valence-corrected chi connectivity index (χ1v) is 8.40. The molecule has 118 valence electrons. The number of carbonyl (C=O) groups excluding carboxylic acids is 1. The second-order valence-corrected chi connectivity index (χ2v) is 6.54. The number of unbranched alkanes of at least 4 members (excludes halogenated alkanes) is 3. The van der Waals surface area contributed by atoms with E-state index in [0.717, 1.165) is 38.0 Å². The van der Waals surface area contributed by atoms with E-state index in [1.165, 1.54) is 19.3 Å². The molecule has 20 heavy (non-hydrogen) atoms. The Morgan fingerprint density at radius 2 is 1.90 bits per heavy atom. The molecule has 0 aromatic carbocycles. The highest BCUT2D eigenvalue weighted by Gasteiger charge is 2.27. The van der Waals surface area contributed by atoms with Crippen LogP contribution in [-0.2, 0) is 9.47 Å². The molecular formula is C17H32O3. The Kier molecular flexibility index (Phi) is 8.01. The van der Waals surface area contributed by atoms with E-state index < -0.39 is 6.16 Å². The monoisotopic (exact) mass is 284 g/mol. The lowest BCUT2D eigenvalue weighted by Crippen LogP contribution is -2.30. The van der Waals surface area contributed by atoms with Gasteiger partial charge in [0.2, 0.25) is 0 Å². The normalized spacial score (nSPS) is 27.9. The maximum atomic E-state index is 11.8. The average molecular weight is 284 g/mol. The molecule has 1 aliphatic rings. The molecule has 0 aromatic heterocycles. The maximum Gasteiger partial charge on any atom is 0.508 e. The molecule has 4 atom stereocenters. The van der Waals surface area contributed by atoms with Gasteiger partial charge in [0.1, 0.15) is 12.2 Å².